The lowest BCUT2D eigenvalue weighted by atomic mass is 10.1. The molecule has 2 amide bonds. The minimum absolute atomic E-state index is 0.120. The van der Waals surface area contributed by atoms with Gasteiger partial charge in [0.15, 0.2) is 0 Å². The van der Waals surface area contributed by atoms with Gasteiger partial charge < -0.3 is 20.3 Å². The van der Waals surface area contributed by atoms with Crippen LogP contribution in [0.1, 0.15) is 27.1 Å². The first-order chi connectivity index (χ1) is 10.5. The molecule has 0 aliphatic heterocycles. The van der Waals surface area contributed by atoms with Crippen molar-refractivity contribution in [3.05, 3.63) is 35.4 Å². The van der Waals surface area contributed by atoms with E-state index in [0.29, 0.717) is 30.8 Å². The van der Waals surface area contributed by atoms with E-state index >= 15 is 0 Å². The number of ether oxygens (including phenoxy) is 1. The Morgan fingerprint density at radius 3 is 1.95 bits per heavy atom. The normalized spacial score (nSPS) is 10.5. The SMILES string of the molecule is COCCNC(=O)c1ccc(C(=O)NCCCN(C)C)cc1. The fourth-order valence-electron chi connectivity index (χ4n) is 1.84. The predicted octanol–water partition coefficient (Wildman–Crippen LogP) is 0.744. The Kier molecular flexibility index (Phi) is 8.17. The van der Waals surface area contributed by atoms with E-state index in [2.05, 4.69) is 15.5 Å². The topological polar surface area (TPSA) is 70.7 Å². The van der Waals surface area contributed by atoms with Gasteiger partial charge in [-0.05, 0) is 51.3 Å². The second-order valence-corrected chi connectivity index (χ2v) is 5.24. The van der Waals surface area contributed by atoms with E-state index in [1.54, 1.807) is 31.4 Å². The minimum Gasteiger partial charge on any atom is -0.383 e. The zero-order valence-corrected chi connectivity index (χ0v) is 13.5. The van der Waals surface area contributed by atoms with Crippen LogP contribution < -0.4 is 10.6 Å². The molecule has 0 aromatic heterocycles. The lowest BCUT2D eigenvalue weighted by Gasteiger charge is -2.10. The first-order valence-electron chi connectivity index (χ1n) is 7.34. The zero-order valence-electron chi connectivity index (χ0n) is 13.5. The second kappa shape index (κ2) is 9.92. The summed E-state index contributed by atoms with van der Waals surface area (Å²) in [6, 6.07) is 6.62. The van der Waals surface area contributed by atoms with Gasteiger partial charge in [-0.1, -0.05) is 0 Å². The Morgan fingerprint density at radius 2 is 1.50 bits per heavy atom. The summed E-state index contributed by atoms with van der Waals surface area (Å²) in [6.45, 7) is 2.50. The smallest absolute Gasteiger partial charge is 0.251 e. The molecule has 0 aliphatic carbocycles. The third-order valence-corrected chi connectivity index (χ3v) is 3.07. The zero-order chi connectivity index (χ0) is 16.4. The molecule has 0 spiro atoms. The van der Waals surface area contributed by atoms with Crippen LogP contribution in [-0.2, 0) is 4.74 Å². The standard InChI is InChI=1S/C16H25N3O3/c1-19(2)11-4-9-17-15(20)13-5-7-14(8-6-13)16(21)18-10-12-22-3/h5-8H,4,9-12H2,1-3H3,(H,17,20)(H,18,21). The molecule has 22 heavy (non-hydrogen) atoms. The first-order valence-corrected chi connectivity index (χ1v) is 7.34. The van der Waals surface area contributed by atoms with E-state index in [0.717, 1.165) is 13.0 Å². The number of hydrogen-bond donors (Lipinski definition) is 2. The van der Waals surface area contributed by atoms with Crippen LogP contribution in [0.25, 0.3) is 0 Å². The summed E-state index contributed by atoms with van der Waals surface area (Å²) in [4.78, 5) is 25.8. The molecule has 6 heteroatoms. The summed E-state index contributed by atoms with van der Waals surface area (Å²) < 4.78 is 4.87. The Balaban J connectivity index is 2.43. The number of hydrogen-bond acceptors (Lipinski definition) is 4. The van der Waals surface area contributed by atoms with Crippen LogP contribution in [0.2, 0.25) is 0 Å². The monoisotopic (exact) mass is 307 g/mol. The number of amides is 2. The van der Waals surface area contributed by atoms with Crippen molar-refractivity contribution in [1.82, 2.24) is 15.5 Å². The Morgan fingerprint density at radius 1 is 1.00 bits per heavy atom. The molecule has 0 atom stereocenters. The summed E-state index contributed by atoms with van der Waals surface area (Å²) in [5.41, 5.74) is 1.08. The van der Waals surface area contributed by atoms with E-state index in [-0.39, 0.29) is 11.8 Å². The van der Waals surface area contributed by atoms with E-state index in [1.165, 1.54) is 0 Å². The highest BCUT2D eigenvalue weighted by Crippen LogP contribution is 2.04. The molecule has 2 N–H and O–H groups in total. The van der Waals surface area contributed by atoms with E-state index in [1.807, 2.05) is 14.1 Å². The molecule has 6 nitrogen and oxygen atoms in total. The lowest BCUT2D eigenvalue weighted by molar-refractivity contribution is 0.0931. The van der Waals surface area contributed by atoms with Gasteiger partial charge in [0.2, 0.25) is 0 Å². The minimum atomic E-state index is -0.171. The lowest BCUT2D eigenvalue weighted by Crippen LogP contribution is -2.28. The Hall–Kier alpha value is -1.92. The predicted molar refractivity (Wildman–Crippen MR) is 86.2 cm³/mol. The molecular weight excluding hydrogens is 282 g/mol. The van der Waals surface area contributed by atoms with Crippen LogP contribution >= 0.6 is 0 Å². The van der Waals surface area contributed by atoms with Crippen molar-refractivity contribution >= 4 is 11.8 Å². The Bertz CT molecular complexity index is 472. The summed E-state index contributed by atoms with van der Waals surface area (Å²) >= 11 is 0. The van der Waals surface area contributed by atoms with E-state index < -0.39 is 0 Å². The van der Waals surface area contributed by atoms with Gasteiger partial charge in [-0.2, -0.15) is 0 Å². The van der Waals surface area contributed by atoms with Crippen molar-refractivity contribution < 1.29 is 14.3 Å². The van der Waals surface area contributed by atoms with Crippen molar-refractivity contribution in [2.75, 3.05) is 47.4 Å². The van der Waals surface area contributed by atoms with E-state index in [4.69, 9.17) is 4.74 Å². The molecule has 0 bridgehead atoms. The maximum absolute atomic E-state index is 11.9. The third kappa shape index (κ3) is 6.69. The number of benzene rings is 1. The average Bonchev–Trinajstić information content (AvgIpc) is 2.51. The Labute approximate surface area is 131 Å². The molecule has 0 saturated heterocycles. The summed E-state index contributed by atoms with van der Waals surface area (Å²) in [6.07, 6.45) is 0.902. The van der Waals surface area contributed by atoms with Gasteiger partial charge in [0.05, 0.1) is 6.61 Å². The molecule has 122 valence electrons. The van der Waals surface area contributed by atoms with Gasteiger partial charge in [-0.15, -0.1) is 0 Å². The molecule has 1 aromatic rings. The average molecular weight is 307 g/mol. The van der Waals surface area contributed by atoms with Gasteiger partial charge in [-0.25, -0.2) is 0 Å². The summed E-state index contributed by atoms with van der Waals surface area (Å²) in [5.74, 6) is -0.292. The van der Waals surface area contributed by atoms with Gasteiger partial charge in [-0.3, -0.25) is 9.59 Å². The molecule has 0 aliphatic rings. The molecule has 1 rings (SSSR count). The number of methoxy groups -OCH3 is 1. The van der Waals surface area contributed by atoms with E-state index in [9.17, 15) is 9.59 Å². The maximum atomic E-state index is 11.9. The van der Waals surface area contributed by atoms with Crippen LogP contribution in [0, 0.1) is 0 Å². The van der Waals surface area contributed by atoms with Crippen LogP contribution in [-0.4, -0.2) is 64.2 Å². The van der Waals surface area contributed by atoms with Crippen molar-refractivity contribution in [2.24, 2.45) is 0 Å². The number of nitrogens with one attached hydrogen (secondary N) is 2. The second-order valence-electron chi connectivity index (χ2n) is 5.24. The highest BCUT2D eigenvalue weighted by Gasteiger charge is 2.08. The van der Waals surface area contributed by atoms with Crippen molar-refractivity contribution in [3.63, 3.8) is 0 Å². The molecular formula is C16H25N3O3. The van der Waals surface area contributed by atoms with Crippen LogP contribution in [0.3, 0.4) is 0 Å². The van der Waals surface area contributed by atoms with Gasteiger partial charge in [0.25, 0.3) is 11.8 Å². The maximum Gasteiger partial charge on any atom is 0.251 e. The van der Waals surface area contributed by atoms with Gasteiger partial charge in [0, 0.05) is 31.3 Å². The van der Waals surface area contributed by atoms with Crippen molar-refractivity contribution in [2.45, 2.75) is 6.42 Å². The van der Waals surface area contributed by atoms with Gasteiger partial charge >= 0.3 is 0 Å². The van der Waals surface area contributed by atoms with Crippen LogP contribution in [0.15, 0.2) is 24.3 Å². The van der Waals surface area contributed by atoms with Gasteiger partial charge in [0.1, 0.15) is 0 Å². The van der Waals surface area contributed by atoms with Crippen molar-refractivity contribution in [1.29, 1.82) is 0 Å². The molecule has 0 unspecified atom stereocenters. The molecule has 0 saturated carbocycles. The highest BCUT2D eigenvalue weighted by molar-refractivity contribution is 5.97. The fourth-order valence-corrected chi connectivity index (χ4v) is 1.84. The number of carbonyl (C=O) groups excluding carboxylic acids is 2. The summed E-state index contributed by atoms with van der Waals surface area (Å²) in [5, 5.41) is 5.59. The number of rotatable bonds is 9. The van der Waals surface area contributed by atoms with Crippen LogP contribution in [0.4, 0.5) is 0 Å². The third-order valence-electron chi connectivity index (χ3n) is 3.07. The summed E-state index contributed by atoms with van der Waals surface area (Å²) in [7, 11) is 5.58. The fraction of sp³-hybridized carbons (Fsp3) is 0.500. The molecule has 0 radical (unpaired) electrons. The highest BCUT2D eigenvalue weighted by atomic mass is 16.5. The van der Waals surface area contributed by atoms with Crippen molar-refractivity contribution in [3.8, 4) is 0 Å². The molecule has 0 heterocycles. The largest absolute Gasteiger partial charge is 0.383 e. The quantitative estimate of drug-likeness (QED) is 0.660. The van der Waals surface area contributed by atoms with Crippen LogP contribution in [0.5, 0.6) is 0 Å². The first kappa shape index (κ1) is 18.1. The molecule has 0 fully saturated rings. The molecule has 1 aromatic carbocycles. The number of carbonyl (C=O) groups is 2. The number of nitrogens with zero attached hydrogens (tertiary/aromatic N) is 1.